The Kier molecular flexibility index (Phi) is 7.57. The molecule has 218 valence electrons. The average Bonchev–Trinajstić information content (AvgIpc) is 3.42. The summed E-state index contributed by atoms with van der Waals surface area (Å²) in [5.41, 5.74) is 9.30. The molecule has 6 rings (SSSR count). The molecule has 0 aliphatic heterocycles. The number of rotatable bonds is 7. The summed E-state index contributed by atoms with van der Waals surface area (Å²) >= 11 is 6.51. The van der Waals surface area contributed by atoms with Crippen molar-refractivity contribution in [1.82, 2.24) is 24.3 Å². The summed E-state index contributed by atoms with van der Waals surface area (Å²) in [6.45, 7) is 1.93. The number of nitrogens with zero attached hydrogens (tertiary/aromatic N) is 6. The maximum absolute atomic E-state index is 14.0. The van der Waals surface area contributed by atoms with Gasteiger partial charge in [-0.3, -0.25) is 9.36 Å². The van der Waals surface area contributed by atoms with Gasteiger partial charge in [-0.1, -0.05) is 52.8 Å². The smallest absolute Gasteiger partial charge is 0.264 e. The Labute approximate surface area is 252 Å². The second-order valence-corrected chi connectivity index (χ2v) is 10.9. The third kappa shape index (κ3) is 4.99. The van der Waals surface area contributed by atoms with Gasteiger partial charge in [0, 0.05) is 18.4 Å². The summed E-state index contributed by atoms with van der Waals surface area (Å²) in [5.74, 6) is 0.621. The van der Waals surface area contributed by atoms with Crippen LogP contribution in [0.1, 0.15) is 18.7 Å². The van der Waals surface area contributed by atoms with Crippen molar-refractivity contribution in [3.8, 4) is 22.7 Å². The first-order valence-electron chi connectivity index (χ1n) is 13.1. The number of nitrogens with two attached hydrogens (primary N) is 1. The summed E-state index contributed by atoms with van der Waals surface area (Å²) in [5, 5.41) is 6.96. The number of anilines is 1. The van der Waals surface area contributed by atoms with Crippen molar-refractivity contribution < 1.29 is 13.1 Å². The molecule has 3 aromatic heterocycles. The lowest BCUT2D eigenvalue weighted by molar-refractivity contribution is 0.415. The van der Waals surface area contributed by atoms with Crippen molar-refractivity contribution in [1.29, 1.82) is 0 Å². The summed E-state index contributed by atoms with van der Waals surface area (Å²) < 4.78 is 29.7. The van der Waals surface area contributed by atoms with Crippen LogP contribution in [0.25, 0.3) is 38.8 Å². The molecule has 43 heavy (non-hydrogen) atoms. The lowest BCUT2D eigenvalue weighted by Gasteiger charge is -2.21. The fraction of sp³-hybridized carbons (Fsp3) is 0.133. The minimum Gasteiger partial charge on any atom is -0.495 e. The van der Waals surface area contributed by atoms with Gasteiger partial charge in [0.25, 0.3) is 5.56 Å². The van der Waals surface area contributed by atoms with Crippen molar-refractivity contribution in [3.63, 3.8) is 0 Å². The minimum absolute atomic E-state index is 0.221. The maximum Gasteiger partial charge on any atom is 0.264 e. The van der Waals surface area contributed by atoms with E-state index >= 15 is 0 Å². The Morgan fingerprint density at radius 2 is 1.79 bits per heavy atom. The van der Waals surface area contributed by atoms with Gasteiger partial charge in [0.2, 0.25) is 0 Å². The second-order valence-electron chi connectivity index (χ2n) is 9.54. The van der Waals surface area contributed by atoms with Crippen LogP contribution in [0.15, 0.2) is 88.3 Å². The molecule has 1 unspecified atom stereocenters. The van der Waals surface area contributed by atoms with E-state index in [1.165, 1.54) is 20.5 Å². The number of aromatic nitrogens is 5. The zero-order chi connectivity index (χ0) is 30.2. The first kappa shape index (κ1) is 28.3. The molecule has 0 fully saturated rings. The van der Waals surface area contributed by atoms with Gasteiger partial charge in [-0.25, -0.2) is 14.6 Å². The van der Waals surface area contributed by atoms with Gasteiger partial charge in [-0.2, -0.15) is 5.10 Å². The van der Waals surface area contributed by atoms with Crippen LogP contribution in [-0.4, -0.2) is 38.5 Å². The lowest BCUT2D eigenvalue weighted by atomic mass is 10.1. The van der Waals surface area contributed by atoms with E-state index in [1.807, 2.05) is 55.5 Å². The summed E-state index contributed by atoms with van der Waals surface area (Å²) in [7, 11) is 0.861. The molecular weight excluding hydrogens is 590 g/mol. The van der Waals surface area contributed by atoms with Crippen LogP contribution in [0, 0.1) is 0 Å². The molecule has 0 saturated heterocycles. The summed E-state index contributed by atoms with van der Waals surface area (Å²) in [4.78, 5) is 22.8. The topological polar surface area (TPSA) is 140 Å². The molecule has 11 nitrogen and oxygen atoms in total. The molecule has 0 aliphatic carbocycles. The molecule has 0 saturated carbocycles. The van der Waals surface area contributed by atoms with E-state index < -0.39 is 16.9 Å². The summed E-state index contributed by atoms with van der Waals surface area (Å²) in [6, 6.07) is 21.3. The molecule has 3 aromatic carbocycles. The molecule has 13 heteroatoms. The first-order chi connectivity index (χ1) is 20.8. The van der Waals surface area contributed by atoms with Crippen LogP contribution in [0.3, 0.4) is 0 Å². The highest BCUT2D eigenvalue weighted by atomic mass is 35.5. The van der Waals surface area contributed by atoms with E-state index in [9.17, 15) is 9.00 Å². The van der Waals surface area contributed by atoms with Crippen LogP contribution < -0.4 is 16.0 Å². The maximum atomic E-state index is 14.0. The van der Waals surface area contributed by atoms with E-state index in [0.29, 0.717) is 60.9 Å². The number of benzene rings is 3. The number of hydrogen-bond donors (Lipinski definition) is 1. The second kappa shape index (κ2) is 11.5. The Balaban J connectivity index is 1.62. The van der Waals surface area contributed by atoms with E-state index in [1.54, 1.807) is 33.5 Å². The van der Waals surface area contributed by atoms with Gasteiger partial charge in [0.1, 0.15) is 23.6 Å². The number of para-hydroxylation sites is 1. The number of nitrogen functional groups attached to an aromatic ring is 1. The molecule has 1 atom stereocenters. The molecule has 0 spiro atoms. The Bertz CT molecular complexity index is 2160. The molecule has 3 heterocycles. The van der Waals surface area contributed by atoms with E-state index in [2.05, 4.69) is 14.3 Å². The molecule has 0 amide bonds. The molecular formula is C30H25ClN7O4S-. The van der Waals surface area contributed by atoms with E-state index in [0.717, 1.165) is 0 Å². The highest BCUT2D eigenvalue weighted by molar-refractivity contribution is 7.69. The molecule has 0 radical (unpaired) electrons. The van der Waals surface area contributed by atoms with Crippen LogP contribution in [0.5, 0.6) is 5.75 Å². The van der Waals surface area contributed by atoms with Crippen LogP contribution in [-0.2, 0) is 19.3 Å². The highest BCUT2D eigenvalue weighted by Gasteiger charge is 2.25. The zero-order valence-electron chi connectivity index (χ0n) is 23.3. The van der Waals surface area contributed by atoms with Crippen LogP contribution in [0.4, 0.5) is 11.5 Å². The van der Waals surface area contributed by atoms with Gasteiger partial charge in [0.05, 0.1) is 40.3 Å². The quantitative estimate of drug-likeness (QED) is 0.216. The fourth-order valence-electron chi connectivity index (χ4n) is 5.11. The van der Waals surface area contributed by atoms with Crippen molar-refractivity contribution in [3.05, 3.63) is 100 Å². The van der Waals surface area contributed by atoms with Crippen molar-refractivity contribution >= 4 is 55.8 Å². The SMILES string of the molecule is COc1ccc(-c2nn(C(C)c3cc4cccc(Cl)c4c(=O)n3-c3ccccc3)c3ncnc(N)c23)cc1N=[S-](=O)OC. The normalized spacial score (nSPS) is 13.0. The third-order valence-electron chi connectivity index (χ3n) is 7.12. The number of ether oxygens (including phenoxy) is 1. The van der Waals surface area contributed by atoms with Crippen molar-refractivity contribution in [2.45, 2.75) is 13.0 Å². The number of methoxy groups -OCH3 is 1. The fourth-order valence-corrected chi connectivity index (χ4v) is 5.75. The Morgan fingerprint density at radius 3 is 2.53 bits per heavy atom. The minimum atomic E-state index is -1.92. The monoisotopic (exact) mass is 614 g/mol. The van der Waals surface area contributed by atoms with Gasteiger partial charge in [-0.15, -0.1) is 0 Å². The number of halogens is 1. The zero-order valence-corrected chi connectivity index (χ0v) is 24.8. The predicted octanol–water partition coefficient (Wildman–Crippen LogP) is 5.99. The first-order valence-corrected chi connectivity index (χ1v) is 14.5. The predicted molar refractivity (Wildman–Crippen MR) is 167 cm³/mol. The Hall–Kier alpha value is -4.78. The molecule has 0 bridgehead atoms. The van der Waals surface area contributed by atoms with Gasteiger partial charge >= 0.3 is 0 Å². The Morgan fingerprint density at radius 1 is 1.00 bits per heavy atom. The van der Waals surface area contributed by atoms with E-state index in [-0.39, 0.29) is 11.4 Å². The summed E-state index contributed by atoms with van der Waals surface area (Å²) in [6.07, 6.45) is 1.37. The largest absolute Gasteiger partial charge is 0.495 e. The van der Waals surface area contributed by atoms with Crippen LogP contribution >= 0.6 is 11.6 Å². The van der Waals surface area contributed by atoms with Crippen molar-refractivity contribution in [2.75, 3.05) is 20.0 Å². The molecule has 2 N–H and O–H groups in total. The molecule has 6 aromatic rings. The van der Waals surface area contributed by atoms with Gasteiger partial charge in [-0.05, 0) is 54.8 Å². The van der Waals surface area contributed by atoms with E-state index in [4.69, 9.17) is 31.4 Å². The average molecular weight is 615 g/mol. The highest BCUT2D eigenvalue weighted by Crippen LogP contribution is 2.38. The standard InChI is InChI=1S/C30H25ClN7O4S/c1-17(23-15-18-8-7-11-21(31)25(18)30(39)37(23)20-9-5-4-6-10-20)38-29-26(28(32)33-16-34-29)27(35-38)19-12-13-24(41-2)22(14-19)36-43(40)42-3/h4-17H,1-3H3,(H2,32,33,34)/q-1. The molecule has 0 aliphatic rings. The third-order valence-corrected chi connectivity index (χ3v) is 8.07. The van der Waals surface area contributed by atoms with Gasteiger partial charge in [0.15, 0.2) is 5.65 Å². The van der Waals surface area contributed by atoms with Crippen LogP contribution in [0.2, 0.25) is 5.02 Å². The van der Waals surface area contributed by atoms with Crippen molar-refractivity contribution in [2.24, 2.45) is 4.36 Å². The number of hydrogen-bond acceptors (Lipinski definition) is 10. The van der Waals surface area contributed by atoms with Gasteiger partial charge < -0.3 is 23.2 Å². The number of pyridine rings is 1. The number of fused-ring (bicyclic) bond motifs is 2. The lowest BCUT2D eigenvalue weighted by Crippen LogP contribution is -2.26.